The number of rotatable bonds is 9. The lowest BCUT2D eigenvalue weighted by Crippen LogP contribution is -2.36. The van der Waals surface area contributed by atoms with Crippen LogP contribution in [-0.4, -0.2) is 23.3 Å². The first-order valence-corrected chi connectivity index (χ1v) is 10.4. The second-order valence-corrected chi connectivity index (χ2v) is 7.37. The second-order valence-electron chi connectivity index (χ2n) is 7.37. The van der Waals surface area contributed by atoms with Crippen molar-refractivity contribution in [2.45, 2.75) is 53.0 Å². The lowest BCUT2D eigenvalue weighted by Gasteiger charge is -2.29. The van der Waals surface area contributed by atoms with E-state index in [1.807, 2.05) is 18.2 Å². The third-order valence-electron chi connectivity index (χ3n) is 4.94. The first-order valence-electron chi connectivity index (χ1n) is 10.4. The molecule has 0 unspecified atom stereocenters. The number of amidine groups is 1. The van der Waals surface area contributed by atoms with Gasteiger partial charge in [-0.1, -0.05) is 87.0 Å². The summed E-state index contributed by atoms with van der Waals surface area (Å²) in [6.45, 7) is 13.9. The van der Waals surface area contributed by atoms with Crippen LogP contribution in [-0.2, 0) is 0 Å². The molecule has 148 valence electrons. The number of hydrogen-bond acceptors (Lipinski definition) is 1. The van der Waals surface area contributed by atoms with Gasteiger partial charge in [-0.25, -0.2) is 4.99 Å². The second kappa shape index (κ2) is 11.3. The van der Waals surface area contributed by atoms with Crippen LogP contribution < -0.4 is 0 Å². The van der Waals surface area contributed by atoms with Gasteiger partial charge in [0.05, 0.1) is 5.70 Å². The largest absolute Gasteiger partial charge is 0.354 e. The Labute approximate surface area is 171 Å². The standard InChI is InChI=1S/C26H34N2/c1-6-8-15-20-28(21(3)4)25(7-2)27-26(24-18-13-10-14-19-24)22(5)23-16-11-9-12-17-23/h7,9-14,16-19,21H,2,6,8,15,20H2,1,3-5H3/b26-22+,27-25?. The summed E-state index contributed by atoms with van der Waals surface area (Å²) in [7, 11) is 0. The molecule has 2 nitrogen and oxygen atoms in total. The molecule has 0 aliphatic carbocycles. The Hall–Kier alpha value is -2.61. The topological polar surface area (TPSA) is 15.6 Å². The summed E-state index contributed by atoms with van der Waals surface area (Å²) < 4.78 is 0. The van der Waals surface area contributed by atoms with E-state index in [1.54, 1.807) is 0 Å². The summed E-state index contributed by atoms with van der Waals surface area (Å²) in [6, 6.07) is 21.3. The minimum absolute atomic E-state index is 0.377. The number of benzene rings is 2. The monoisotopic (exact) mass is 374 g/mol. The summed E-state index contributed by atoms with van der Waals surface area (Å²) >= 11 is 0. The van der Waals surface area contributed by atoms with E-state index in [4.69, 9.17) is 4.99 Å². The fraction of sp³-hybridized carbons (Fsp3) is 0.346. The maximum atomic E-state index is 5.15. The minimum Gasteiger partial charge on any atom is -0.354 e. The maximum Gasteiger partial charge on any atom is 0.128 e. The zero-order valence-corrected chi connectivity index (χ0v) is 17.9. The summed E-state index contributed by atoms with van der Waals surface area (Å²) in [4.78, 5) is 7.51. The Bertz CT molecular complexity index is 786. The van der Waals surface area contributed by atoms with Crippen molar-refractivity contribution in [3.63, 3.8) is 0 Å². The summed E-state index contributed by atoms with van der Waals surface area (Å²) in [6.07, 6.45) is 5.52. The van der Waals surface area contributed by atoms with E-state index < -0.39 is 0 Å². The Balaban J connectivity index is 2.54. The molecule has 0 fully saturated rings. The van der Waals surface area contributed by atoms with Gasteiger partial charge in [0.1, 0.15) is 5.84 Å². The number of aliphatic imine (C=N–C) groups is 1. The van der Waals surface area contributed by atoms with Crippen LogP contribution >= 0.6 is 0 Å². The molecule has 0 amide bonds. The highest BCUT2D eigenvalue weighted by molar-refractivity contribution is 6.00. The van der Waals surface area contributed by atoms with E-state index in [1.165, 1.54) is 30.4 Å². The van der Waals surface area contributed by atoms with E-state index in [0.717, 1.165) is 23.6 Å². The van der Waals surface area contributed by atoms with Gasteiger partial charge in [0.2, 0.25) is 0 Å². The predicted octanol–water partition coefficient (Wildman–Crippen LogP) is 7.06. The van der Waals surface area contributed by atoms with Crippen LogP contribution in [0.3, 0.4) is 0 Å². The van der Waals surface area contributed by atoms with Gasteiger partial charge in [-0.15, -0.1) is 0 Å². The molecule has 0 radical (unpaired) electrons. The van der Waals surface area contributed by atoms with Gasteiger partial charge in [-0.3, -0.25) is 0 Å². The molecule has 0 aromatic heterocycles. The number of allylic oxidation sites excluding steroid dienone is 1. The summed E-state index contributed by atoms with van der Waals surface area (Å²) in [5, 5.41) is 0. The van der Waals surface area contributed by atoms with Gasteiger partial charge >= 0.3 is 0 Å². The molecular formula is C26H34N2. The molecule has 0 spiro atoms. The van der Waals surface area contributed by atoms with E-state index >= 15 is 0 Å². The lowest BCUT2D eigenvalue weighted by atomic mass is 10.0. The highest BCUT2D eigenvalue weighted by atomic mass is 15.2. The average molecular weight is 375 g/mol. The number of hydrogen-bond donors (Lipinski definition) is 0. The van der Waals surface area contributed by atoms with Crippen molar-refractivity contribution in [2.24, 2.45) is 4.99 Å². The van der Waals surface area contributed by atoms with Gasteiger partial charge < -0.3 is 4.90 Å². The molecular weight excluding hydrogens is 340 g/mol. The molecule has 0 aliphatic heterocycles. The molecule has 2 aromatic rings. The Morgan fingerprint density at radius 2 is 1.54 bits per heavy atom. The molecule has 2 rings (SSSR count). The SMILES string of the molecule is C=CC(=N/C(=C(\C)c1ccccc1)c1ccccc1)N(CCCCC)C(C)C. The van der Waals surface area contributed by atoms with E-state index in [9.17, 15) is 0 Å². The van der Waals surface area contributed by atoms with Gasteiger partial charge in [0.15, 0.2) is 0 Å². The van der Waals surface area contributed by atoms with Crippen LogP contribution in [0.1, 0.15) is 58.1 Å². The van der Waals surface area contributed by atoms with Gasteiger partial charge in [0, 0.05) is 18.2 Å². The highest BCUT2D eigenvalue weighted by Gasteiger charge is 2.15. The first kappa shape index (κ1) is 21.7. The molecule has 28 heavy (non-hydrogen) atoms. The molecule has 0 heterocycles. The van der Waals surface area contributed by atoms with Crippen molar-refractivity contribution in [3.05, 3.63) is 84.4 Å². The molecule has 0 atom stereocenters. The third kappa shape index (κ3) is 5.95. The molecule has 0 aliphatic rings. The van der Waals surface area contributed by atoms with Crippen LogP contribution in [0, 0.1) is 0 Å². The molecule has 2 aromatic carbocycles. The third-order valence-corrected chi connectivity index (χ3v) is 4.94. The zero-order chi connectivity index (χ0) is 20.4. The normalized spacial score (nSPS) is 12.7. The molecule has 0 bridgehead atoms. The number of unbranched alkanes of at least 4 members (excludes halogenated alkanes) is 2. The van der Waals surface area contributed by atoms with Crippen molar-refractivity contribution in [1.29, 1.82) is 0 Å². The van der Waals surface area contributed by atoms with Crippen molar-refractivity contribution >= 4 is 17.1 Å². The van der Waals surface area contributed by atoms with Gasteiger partial charge in [0.25, 0.3) is 0 Å². The van der Waals surface area contributed by atoms with E-state index in [-0.39, 0.29) is 0 Å². The lowest BCUT2D eigenvalue weighted by molar-refractivity contribution is 0.342. The molecule has 0 saturated heterocycles. The summed E-state index contributed by atoms with van der Waals surface area (Å²) in [5.74, 6) is 0.945. The first-order chi connectivity index (χ1) is 13.6. The fourth-order valence-corrected chi connectivity index (χ4v) is 3.30. The minimum atomic E-state index is 0.377. The molecule has 0 N–H and O–H groups in total. The molecule has 0 saturated carbocycles. The van der Waals surface area contributed by atoms with Crippen LogP contribution in [0.15, 0.2) is 78.3 Å². The van der Waals surface area contributed by atoms with Crippen molar-refractivity contribution in [3.8, 4) is 0 Å². The van der Waals surface area contributed by atoms with Gasteiger partial charge in [-0.05, 0) is 44.4 Å². The van der Waals surface area contributed by atoms with Crippen molar-refractivity contribution in [2.75, 3.05) is 6.54 Å². The highest BCUT2D eigenvalue weighted by Crippen LogP contribution is 2.28. The van der Waals surface area contributed by atoms with E-state index in [0.29, 0.717) is 6.04 Å². The number of nitrogens with zero attached hydrogens (tertiary/aromatic N) is 2. The van der Waals surface area contributed by atoms with Crippen molar-refractivity contribution in [1.82, 2.24) is 4.90 Å². The molecule has 2 heteroatoms. The van der Waals surface area contributed by atoms with Crippen molar-refractivity contribution < 1.29 is 0 Å². The zero-order valence-electron chi connectivity index (χ0n) is 17.9. The Morgan fingerprint density at radius 1 is 0.964 bits per heavy atom. The van der Waals surface area contributed by atoms with Crippen LogP contribution in [0.2, 0.25) is 0 Å². The quantitative estimate of drug-likeness (QED) is 0.198. The predicted molar refractivity (Wildman–Crippen MR) is 124 cm³/mol. The van der Waals surface area contributed by atoms with Gasteiger partial charge in [-0.2, -0.15) is 0 Å². The van der Waals surface area contributed by atoms with Crippen LogP contribution in [0.25, 0.3) is 11.3 Å². The summed E-state index contributed by atoms with van der Waals surface area (Å²) in [5.41, 5.74) is 4.49. The van der Waals surface area contributed by atoms with E-state index in [2.05, 4.69) is 87.7 Å². The smallest absolute Gasteiger partial charge is 0.128 e. The Morgan fingerprint density at radius 3 is 2.04 bits per heavy atom. The fourth-order valence-electron chi connectivity index (χ4n) is 3.30. The Kier molecular flexibility index (Phi) is 8.74. The average Bonchev–Trinajstić information content (AvgIpc) is 2.73. The van der Waals surface area contributed by atoms with Crippen LogP contribution in [0.4, 0.5) is 0 Å². The maximum absolute atomic E-state index is 5.15. The van der Waals surface area contributed by atoms with Crippen LogP contribution in [0.5, 0.6) is 0 Å².